The molecule has 1 amide bonds. The van der Waals surface area contributed by atoms with Crippen LogP contribution in [-0.4, -0.2) is 53.3 Å². The highest BCUT2D eigenvalue weighted by Crippen LogP contribution is 2.26. The third kappa shape index (κ3) is 6.33. The highest BCUT2D eigenvalue weighted by Gasteiger charge is 2.36. The Labute approximate surface area is 151 Å². The molecule has 0 aromatic heterocycles. The van der Waals surface area contributed by atoms with E-state index in [1.54, 1.807) is 0 Å². The number of ether oxygens (including phenoxy) is 1. The molecule has 1 aliphatic rings. The molecule has 0 bridgehead atoms. The number of nitrogens with one attached hydrogen (secondary N) is 1. The largest absolute Gasteiger partial charge is 0.491 e. The molecule has 2 rings (SSSR count). The molecule has 140 valence electrons. The van der Waals surface area contributed by atoms with Crippen LogP contribution >= 0.6 is 0 Å². The van der Waals surface area contributed by atoms with Gasteiger partial charge in [-0.05, 0) is 71.2 Å². The second-order valence-electron chi connectivity index (χ2n) is 7.69. The summed E-state index contributed by atoms with van der Waals surface area (Å²) >= 11 is 0. The summed E-state index contributed by atoms with van der Waals surface area (Å²) in [7, 11) is 0. The molecule has 1 aliphatic heterocycles. The smallest absolute Gasteiger partial charge is 0.234 e. The van der Waals surface area contributed by atoms with E-state index in [2.05, 4.69) is 10.2 Å². The molecular weight excluding hydrogens is 316 g/mol. The number of amides is 1. The molecule has 1 aromatic rings. The minimum atomic E-state index is -0.767. The standard InChI is InChI=1S/C20H32N2O3/c1-15(2)25-17-9-7-16(8-10-17)11-12-21-19(23)14-22-13-5-6-18(22)20(3,4)24/h7-10,15,18,24H,5-6,11-14H2,1-4H3,(H,21,23). The fourth-order valence-electron chi connectivity index (χ4n) is 3.41. The number of aliphatic hydroxyl groups is 1. The highest BCUT2D eigenvalue weighted by molar-refractivity contribution is 5.78. The van der Waals surface area contributed by atoms with Crippen LogP contribution in [0.5, 0.6) is 5.75 Å². The van der Waals surface area contributed by atoms with Crippen LogP contribution < -0.4 is 10.1 Å². The number of carbonyl (C=O) groups excluding carboxylic acids is 1. The summed E-state index contributed by atoms with van der Waals surface area (Å²) in [5.41, 5.74) is 0.406. The van der Waals surface area contributed by atoms with E-state index >= 15 is 0 Å². The molecule has 1 atom stereocenters. The fraction of sp³-hybridized carbons (Fsp3) is 0.650. The molecule has 0 spiro atoms. The zero-order valence-corrected chi connectivity index (χ0v) is 15.9. The monoisotopic (exact) mass is 348 g/mol. The number of likely N-dealkylation sites (tertiary alicyclic amines) is 1. The molecule has 0 saturated carbocycles. The van der Waals surface area contributed by atoms with Gasteiger partial charge in [0.05, 0.1) is 18.2 Å². The van der Waals surface area contributed by atoms with Crippen molar-refractivity contribution in [2.45, 2.75) is 64.7 Å². The normalized spacial score (nSPS) is 18.6. The van der Waals surface area contributed by atoms with E-state index in [1.165, 1.54) is 5.56 Å². The number of benzene rings is 1. The van der Waals surface area contributed by atoms with Crippen molar-refractivity contribution in [1.29, 1.82) is 0 Å². The average Bonchev–Trinajstić information content (AvgIpc) is 2.97. The number of hydrogen-bond acceptors (Lipinski definition) is 4. The topological polar surface area (TPSA) is 61.8 Å². The van der Waals surface area contributed by atoms with Crippen LogP contribution in [-0.2, 0) is 11.2 Å². The Morgan fingerprint density at radius 2 is 2.04 bits per heavy atom. The van der Waals surface area contributed by atoms with E-state index in [9.17, 15) is 9.90 Å². The maximum Gasteiger partial charge on any atom is 0.234 e. The predicted octanol–water partition coefficient (Wildman–Crippen LogP) is 2.37. The van der Waals surface area contributed by atoms with Crippen molar-refractivity contribution in [3.8, 4) is 5.75 Å². The van der Waals surface area contributed by atoms with E-state index in [4.69, 9.17) is 4.74 Å². The van der Waals surface area contributed by atoms with Gasteiger partial charge in [-0.25, -0.2) is 0 Å². The van der Waals surface area contributed by atoms with Gasteiger partial charge >= 0.3 is 0 Å². The van der Waals surface area contributed by atoms with E-state index < -0.39 is 5.60 Å². The molecule has 5 heteroatoms. The molecule has 1 aromatic carbocycles. The third-order valence-corrected chi connectivity index (χ3v) is 4.56. The Bertz CT molecular complexity index is 549. The maximum absolute atomic E-state index is 12.2. The molecule has 1 saturated heterocycles. The highest BCUT2D eigenvalue weighted by atomic mass is 16.5. The van der Waals surface area contributed by atoms with E-state index in [0.29, 0.717) is 13.1 Å². The molecule has 5 nitrogen and oxygen atoms in total. The van der Waals surface area contributed by atoms with Crippen molar-refractivity contribution in [3.63, 3.8) is 0 Å². The third-order valence-electron chi connectivity index (χ3n) is 4.56. The Kier molecular flexibility index (Phi) is 6.85. The molecular formula is C20H32N2O3. The number of carbonyl (C=O) groups is 1. The van der Waals surface area contributed by atoms with Crippen LogP contribution in [0, 0.1) is 0 Å². The van der Waals surface area contributed by atoms with Gasteiger partial charge < -0.3 is 15.2 Å². The Morgan fingerprint density at radius 3 is 2.64 bits per heavy atom. The van der Waals surface area contributed by atoms with Crippen molar-refractivity contribution in [3.05, 3.63) is 29.8 Å². The first-order valence-electron chi connectivity index (χ1n) is 9.24. The number of rotatable bonds is 8. The van der Waals surface area contributed by atoms with Crippen molar-refractivity contribution >= 4 is 5.91 Å². The van der Waals surface area contributed by atoms with Crippen LogP contribution in [0.25, 0.3) is 0 Å². The lowest BCUT2D eigenvalue weighted by atomic mass is 9.97. The van der Waals surface area contributed by atoms with Crippen molar-refractivity contribution < 1.29 is 14.6 Å². The summed E-state index contributed by atoms with van der Waals surface area (Å²) in [4.78, 5) is 14.3. The van der Waals surface area contributed by atoms with Gasteiger partial charge in [0.25, 0.3) is 0 Å². The quantitative estimate of drug-likeness (QED) is 0.757. The second kappa shape index (κ2) is 8.68. The number of hydrogen-bond donors (Lipinski definition) is 2. The molecule has 1 fully saturated rings. The molecule has 2 N–H and O–H groups in total. The summed E-state index contributed by atoms with van der Waals surface area (Å²) in [6.07, 6.45) is 2.94. The van der Waals surface area contributed by atoms with Crippen molar-refractivity contribution in [2.24, 2.45) is 0 Å². The first-order valence-corrected chi connectivity index (χ1v) is 9.24. The minimum absolute atomic E-state index is 0.0240. The van der Waals surface area contributed by atoms with E-state index in [0.717, 1.165) is 31.6 Å². The maximum atomic E-state index is 12.2. The molecule has 1 unspecified atom stereocenters. The lowest BCUT2D eigenvalue weighted by Gasteiger charge is -2.33. The summed E-state index contributed by atoms with van der Waals surface area (Å²) in [6, 6.07) is 8.07. The van der Waals surface area contributed by atoms with Gasteiger partial charge in [0.1, 0.15) is 5.75 Å². The molecule has 0 radical (unpaired) electrons. The summed E-state index contributed by atoms with van der Waals surface area (Å²) in [5, 5.41) is 13.2. The Balaban J connectivity index is 1.73. The average molecular weight is 348 g/mol. The lowest BCUT2D eigenvalue weighted by molar-refractivity contribution is -0.123. The fourth-order valence-corrected chi connectivity index (χ4v) is 3.41. The number of nitrogens with zero attached hydrogens (tertiary/aromatic N) is 1. The molecule has 25 heavy (non-hydrogen) atoms. The van der Waals surface area contributed by atoms with Gasteiger partial charge in [0.15, 0.2) is 0 Å². The SMILES string of the molecule is CC(C)Oc1ccc(CCNC(=O)CN2CCCC2C(C)(C)O)cc1. The van der Waals surface area contributed by atoms with E-state index in [1.807, 2.05) is 52.0 Å². The van der Waals surface area contributed by atoms with Crippen molar-refractivity contribution in [2.75, 3.05) is 19.6 Å². The molecule has 0 aliphatic carbocycles. The Morgan fingerprint density at radius 1 is 1.36 bits per heavy atom. The van der Waals surface area contributed by atoms with Crippen LogP contribution in [0.2, 0.25) is 0 Å². The second-order valence-corrected chi connectivity index (χ2v) is 7.69. The summed E-state index contributed by atoms with van der Waals surface area (Å²) in [6.45, 7) is 9.50. The first-order chi connectivity index (χ1) is 11.8. The van der Waals surface area contributed by atoms with Gasteiger partial charge in [-0.3, -0.25) is 9.69 Å². The first kappa shape index (κ1) is 19.7. The summed E-state index contributed by atoms with van der Waals surface area (Å²) < 4.78 is 5.63. The lowest BCUT2D eigenvalue weighted by Crippen LogP contribution is -2.49. The van der Waals surface area contributed by atoms with Gasteiger partial charge in [-0.1, -0.05) is 12.1 Å². The van der Waals surface area contributed by atoms with Gasteiger partial charge in [0.2, 0.25) is 5.91 Å². The minimum Gasteiger partial charge on any atom is -0.491 e. The van der Waals surface area contributed by atoms with E-state index in [-0.39, 0.29) is 18.1 Å². The summed E-state index contributed by atoms with van der Waals surface area (Å²) in [5.74, 6) is 0.894. The van der Waals surface area contributed by atoms with Crippen LogP contribution in [0.3, 0.4) is 0 Å². The van der Waals surface area contributed by atoms with Crippen molar-refractivity contribution in [1.82, 2.24) is 10.2 Å². The Hall–Kier alpha value is -1.59. The van der Waals surface area contributed by atoms with Crippen LogP contribution in [0.4, 0.5) is 0 Å². The predicted molar refractivity (Wildman–Crippen MR) is 99.8 cm³/mol. The molecule has 1 heterocycles. The van der Waals surface area contributed by atoms with Crippen LogP contribution in [0.1, 0.15) is 46.1 Å². The van der Waals surface area contributed by atoms with Crippen LogP contribution in [0.15, 0.2) is 24.3 Å². The van der Waals surface area contributed by atoms with Gasteiger partial charge in [0, 0.05) is 12.6 Å². The van der Waals surface area contributed by atoms with Gasteiger partial charge in [-0.15, -0.1) is 0 Å². The zero-order valence-electron chi connectivity index (χ0n) is 15.9. The van der Waals surface area contributed by atoms with Gasteiger partial charge in [-0.2, -0.15) is 0 Å². The zero-order chi connectivity index (χ0) is 18.4.